The number of ether oxygens (including phenoxy) is 3. The maximum absolute atomic E-state index is 11.3. The Hall–Kier alpha value is -1.34. The first-order chi connectivity index (χ1) is 13.6. The summed E-state index contributed by atoms with van der Waals surface area (Å²) in [6, 6.07) is 0. The first kappa shape index (κ1) is 23.9. The van der Waals surface area contributed by atoms with Gasteiger partial charge in [0.05, 0.1) is 50.5 Å². The summed E-state index contributed by atoms with van der Waals surface area (Å²) in [5.41, 5.74) is 0. The molecule has 11 heteroatoms. The minimum atomic E-state index is -1.34. The minimum Gasteiger partial charge on any atom is -0.481 e. The van der Waals surface area contributed by atoms with E-state index in [1.54, 1.807) is 13.8 Å². The highest BCUT2D eigenvalue weighted by molar-refractivity contribution is 5.67. The lowest BCUT2D eigenvalue weighted by Crippen LogP contribution is -2.60. The van der Waals surface area contributed by atoms with E-state index in [0.717, 1.165) is 0 Å². The normalized spacial score (nSPS) is 43.1. The van der Waals surface area contributed by atoms with Crippen LogP contribution in [0.3, 0.4) is 0 Å². The molecule has 2 fully saturated rings. The molecule has 0 amide bonds. The zero-order chi connectivity index (χ0) is 21.9. The molecule has 168 valence electrons. The van der Waals surface area contributed by atoms with Crippen LogP contribution in [0.2, 0.25) is 0 Å². The van der Waals surface area contributed by atoms with Crippen LogP contribution < -0.4 is 0 Å². The van der Waals surface area contributed by atoms with Gasteiger partial charge >= 0.3 is 11.9 Å². The van der Waals surface area contributed by atoms with Crippen LogP contribution in [0.4, 0.5) is 0 Å². The van der Waals surface area contributed by atoms with Gasteiger partial charge in [-0.1, -0.05) is 6.92 Å². The third kappa shape index (κ3) is 5.43. The largest absolute Gasteiger partial charge is 0.481 e. The standard InChI is InChI=1S/C18H30O11/c1-7-11(5-19)28-18(10(15(7)25)4-14(23)24)29-17-12(6-20)27-8(2)9(16(17)26)3-13(21)22/h7-12,15-20,25-26H,3-6H2,1-2H3,(H,21,22)(H,23,24)/t7-,8+,9?,10?,11?,12?,15+,16-,17-,18+/m1/s1. The van der Waals surface area contributed by atoms with Crippen LogP contribution in [-0.4, -0.2) is 98.7 Å². The molecule has 29 heavy (non-hydrogen) atoms. The molecule has 2 aliphatic heterocycles. The molecule has 0 aromatic heterocycles. The van der Waals surface area contributed by atoms with Crippen LogP contribution in [0.25, 0.3) is 0 Å². The fraction of sp³-hybridized carbons (Fsp3) is 0.889. The molecule has 0 radical (unpaired) electrons. The molecular weight excluding hydrogens is 392 g/mol. The minimum absolute atomic E-state index is 0.399. The molecule has 0 aliphatic carbocycles. The monoisotopic (exact) mass is 422 g/mol. The van der Waals surface area contributed by atoms with Gasteiger partial charge in [0.1, 0.15) is 12.2 Å². The summed E-state index contributed by atoms with van der Waals surface area (Å²) in [6.07, 6.45) is -8.44. The van der Waals surface area contributed by atoms with E-state index in [2.05, 4.69) is 0 Å². The molecule has 2 aliphatic rings. The van der Waals surface area contributed by atoms with Gasteiger partial charge in [0.2, 0.25) is 0 Å². The van der Waals surface area contributed by atoms with Crippen molar-refractivity contribution in [1.82, 2.24) is 0 Å². The molecule has 0 saturated carbocycles. The first-order valence-corrected chi connectivity index (χ1v) is 9.58. The molecule has 0 aromatic carbocycles. The van der Waals surface area contributed by atoms with E-state index in [4.69, 9.17) is 19.3 Å². The molecular formula is C18H30O11. The van der Waals surface area contributed by atoms with Crippen molar-refractivity contribution in [2.75, 3.05) is 13.2 Å². The quantitative estimate of drug-likeness (QED) is 0.265. The Labute approximate surface area is 167 Å². The van der Waals surface area contributed by atoms with Gasteiger partial charge in [-0.2, -0.15) is 0 Å². The number of aliphatic hydroxyl groups is 4. The third-order valence-corrected chi connectivity index (χ3v) is 5.83. The fourth-order valence-corrected chi connectivity index (χ4v) is 4.08. The Morgan fingerprint density at radius 2 is 1.41 bits per heavy atom. The molecule has 10 atom stereocenters. The number of aliphatic carboxylic acids is 2. The van der Waals surface area contributed by atoms with Crippen molar-refractivity contribution in [1.29, 1.82) is 0 Å². The predicted molar refractivity (Wildman–Crippen MR) is 94.7 cm³/mol. The Balaban J connectivity index is 2.26. The second-order valence-electron chi connectivity index (χ2n) is 7.75. The van der Waals surface area contributed by atoms with Gasteiger partial charge in [-0.3, -0.25) is 9.59 Å². The fourth-order valence-electron chi connectivity index (χ4n) is 4.08. The molecule has 2 heterocycles. The number of hydrogen-bond acceptors (Lipinski definition) is 9. The van der Waals surface area contributed by atoms with E-state index < -0.39 is 98.7 Å². The highest BCUT2D eigenvalue weighted by Crippen LogP contribution is 2.37. The van der Waals surface area contributed by atoms with Gasteiger partial charge in [0.25, 0.3) is 0 Å². The average molecular weight is 422 g/mol. The number of carboxylic acid groups (broad SMARTS) is 2. The molecule has 11 nitrogen and oxygen atoms in total. The number of aliphatic hydroxyl groups excluding tert-OH is 4. The zero-order valence-electron chi connectivity index (χ0n) is 16.3. The Morgan fingerprint density at radius 3 is 1.93 bits per heavy atom. The van der Waals surface area contributed by atoms with Gasteiger partial charge in [0.15, 0.2) is 6.29 Å². The molecule has 0 aromatic rings. The van der Waals surface area contributed by atoms with E-state index in [9.17, 15) is 35.1 Å². The van der Waals surface area contributed by atoms with E-state index in [0.29, 0.717) is 0 Å². The maximum atomic E-state index is 11.3. The summed E-state index contributed by atoms with van der Waals surface area (Å²) in [5.74, 6) is -4.75. The van der Waals surface area contributed by atoms with Crippen LogP contribution >= 0.6 is 0 Å². The molecule has 2 saturated heterocycles. The summed E-state index contributed by atoms with van der Waals surface area (Å²) >= 11 is 0. The van der Waals surface area contributed by atoms with Crippen molar-refractivity contribution in [2.45, 2.75) is 69.6 Å². The van der Waals surface area contributed by atoms with Crippen molar-refractivity contribution in [3.8, 4) is 0 Å². The van der Waals surface area contributed by atoms with Crippen molar-refractivity contribution < 1.29 is 54.4 Å². The Bertz CT molecular complexity index is 570. The first-order valence-electron chi connectivity index (χ1n) is 9.58. The van der Waals surface area contributed by atoms with Crippen LogP contribution in [0.5, 0.6) is 0 Å². The topological polar surface area (TPSA) is 183 Å². The maximum Gasteiger partial charge on any atom is 0.303 e. The van der Waals surface area contributed by atoms with Gasteiger partial charge in [0, 0.05) is 17.8 Å². The van der Waals surface area contributed by atoms with Gasteiger partial charge < -0.3 is 44.8 Å². The number of rotatable bonds is 8. The average Bonchev–Trinajstić information content (AvgIpc) is 2.65. The van der Waals surface area contributed by atoms with E-state index in [1.807, 2.05) is 0 Å². The van der Waals surface area contributed by atoms with Crippen molar-refractivity contribution >= 4 is 11.9 Å². The van der Waals surface area contributed by atoms with Crippen LogP contribution in [0, 0.1) is 17.8 Å². The lowest BCUT2D eigenvalue weighted by atomic mass is 9.82. The Kier molecular flexibility index (Phi) is 8.35. The summed E-state index contributed by atoms with van der Waals surface area (Å²) < 4.78 is 17.1. The van der Waals surface area contributed by atoms with E-state index in [-0.39, 0.29) is 0 Å². The number of carbonyl (C=O) groups is 2. The second kappa shape index (κ2) is 10.1. The van der Waals surface area contributed by atoms with Crippen LogP contribution in [0.1, 0.15) is 26.7 Å². The molecule has 0 spiro atoms. The smallest absolute Gasteiger partial charge is 0.303 e. The van der Waals surface area contributed by atoms with Crippen molar-refractivity contribution in [2.24, 2.45) is 17.8 Å². The summed E-state index contributed by atoms with van der Waals surface area (Å²) in [5, 5.41) is 58.7. The van der Waals surface area contributed by atoms with E-state index in [1.165, 1.54) is 0 Å². The van der Waals surface area contributed by atoms with Gasteiger partial charge in [-0.05, 0) is 6.92 Å². The SMILES string of the molecule is C[C@@H]1OC(CO)[C@@H](O[C@@H]2OC(CO)[C@@H](C)[C@H](O)C2CC(=O)O)[C@H](O)C1CC(=O)O. The predicted octanol–water partition coefficient (Wildman–Crippen LogP) is -1.59. The van der Waals surface area contributed by atoms with Crippen molar-refractivity contribution in [3.63, 3.8) is 0 Å². The highest BCUT2D eigenvalue weighted by Gasteiger charge is 2.50. The highest BCUT2D eigenvalue weighted by atomic mass is 16.7. The zero-order valence-corrected chi connectivity index (χ0v) is 16.3. The molecule has 4 unspecified atom stereocenters. The molecule has 6 N–H and O–H groups in total. The van der Waals surface area contributed by atoms with Crippen LogP contribution in [-0.2, 0) is 23.8 Å². The van der Waals surface area contributed by atoms with Crippen molar-refractivity contribution in [3.05, 3.63) is 0 Å². The molecule has 2 rings (SSSR count). The van der Waals surface area contributed by atoms with Gasteiger partial charge in [-0.15, -0.1) is 0 Å². The lowest BCUT2D eigenvalue weighted by molar-refractivity contribution is -0.322. The number of hydrogen-bond donors (Lipinski definition) is 6. The summed E-state index contributed by atoms with van der Waals surface area (Å²) in [4.78, 5) is 22.4. The molecule has 0 bridgehead atoms. The van der Waals surface area contributed by atoms with Crippen LogP contribution in [0.15, 0.2) is 0 Å². The number of carboxylic acids is 2. The summed E-state index contributed by atoms with van der Waals surface area (Å²) in [7, 11) is 0. The summed E-state index contributed by atoms with van der Waals surface area (Å²) in [6.45, 7) is 2.21. The second-order valence-corrected chi connectivity index (χ2v) is 7.75. The van der Waals surface area contributed by atoms with Gasteiger partial charge in [-0.25, -0.2) is 0 Å². The van der Waals surface area contributed by atoms with E-state index >= 15 is 0 Å². The third-order valence-electron chi connectivity index (χ3n) is 5.83. The Morgan fingerprint density at radius 1 is 0.862 bits per heavy atom. The lowest BCUT2D eigenvalue weighted by Gasteiger charge is -2.48.